The lowest BCUT2D eigenvalue weighted by Crippen LogP contribution is -2.49. The Kier molecular flexibility index (Phi) is 6.67. The molecule has 0 unspecified atom stereocenters. The quantitative estimate of drug-likeness (QED) is 0.343. The van der Waals surface area contributed by atoms with Crippen molar-refractivity contribution in [2.75, 3.05) is 4.90 Å². The Morgan fingerprint density at radius 2 is 1.87 bits per heavy atom. The molecule has 164 valence electrons. The van der Waals surface area contributed by atoms with Gasteiger partial charge in [-0.1, -0.05) is 22.0 Å². The van der Waals surface area contributed by atoms with Crippen LogP contribution >= 0.6 is 31.9 Å². The SMILES string of the molecule is CC1=CC(C)(C)N(C(C)C)c2cc(C)c(/C=N/NC(=O)c3cc(Br)cc(Br)c3O)cc21. The number of aryl methyl sites for hydroxylation is 1. The third-order valence-corrected chi connectivity index (χ3v) is 6.48. The number of amides is 1. The highest BCUT2D eigenvalue weighted by atomic mass is 79.9. The molecule has 0 aromatic heterocycles. The van der Waals surface area contributed by atoms with Gasteiger partial charge in [-0.05, 0) is 98.4 Å². The predicted molar refractivity (Wildman–Crippen MR) is 135 cm³/mol. The summed E-state index contributed by atoms with van der Waals surface area (Å²) in [6, 6.07) is 7.88. The van der Waals surface area contributed by atoms with E-state index in [2.05, 4.69) is 100 Å². The molecule has 0 fully saturated rings. The van der Waals surface area contributed by atoms with Crippen LogP contribution in [0, 0.1) is 6.92 Å². The lowest BCUT2D eigenvalue weighted by molar-refractivity contribution is 0.0952. The number of phenols is 1. The van der Waals surface area contributed by atoms with Gasteiger partial charge in [0.1, 0.15) is 5.75 Å². The van der Waals surface area contributed by atoms with E-state index in [1.165, 1.54) is 16.8 Å². The van der Waals surface area contributed by atoms with Crippen LogP contribution in [0.2, 0.25) is 0 Å². The Bertz CT molecular complexity index is 1100. The number of hydrogen-bond donors (Lipinski definition) is 2. The first kappa shape index (κ1) is 23.5. The zero-order chi connectivity index (χ0) is 23.1. The van der Waals surface area contributed by atoms with E-state index in [4.69, 9.17) is 0 Å². The van der Waals surface area contributed by atoms with Gasteiger partial charge in [-0.3, -0.25) is 4.79 Å². The van der Waals surface area contributed by atoms with Gasteiger partial charge in [-0.15, -0.1) is 0 Å². The lowest BCUT2D eigenvalue weighted by atomic mass is 9.86. The highest BCUT2D eigenvalue weighted by molar-refractivity contribution is 9.11. The molecule has 2 aromatic carbocycles. The summed E-state index contributed by atoms with van der Waals surface area (Å²) in [6.07, 6.45) is 3.94. The molecule has 0 saturated heterocycles. The number of carbonyl (C=O) groups excluding carboxylic acids is 1. The molecule has 7 heteroatoms. The van der Waals surface area contributed by atoms with Crippen LogP contribution in [0.4, 0.5) is 5.69 Å². The number of phenolic OH excluding ortho intramolecular Hbond substituents is 1. The molecule has 0 spiro atoms. The second-order valence-corrected chi connectivity index (χ2v) is 10.4. The van der Waals surface area contributed by atoms with Crippen LogP contribution in [0.25, 0.3) is 5.57 Å². The van der Waals surface area contributed by atoms with E-state index < -0.39 is 5.91 Å². The minimum Gasteiger partial charge on any atom is -0.506 e. The van der Waals surface area contributed by atoms with Gasteiger partial charge in [0, 0.05) is 21.8 Å². The van der Waals surface area contributed by atoms with E-state index in [0.717, 1.165) is 11.1 Å². The summed E-state index contributed by atoms with van der Waals surface area (Å²) in [5, 5.41) is 14.3. The van der Waals surface area contributed by atoms with Crippen LogP contribution in [0.5, 0.6) is 5.75 Å². The topological polar surface area (TPSA) is 64.9 Å². The van der Waals surface area contributed by atoms with Gasteiger partial charge in [-0.25, -0.2) is 5.43 Å². The third-order valence-electron chi connectivity index (χ3n) is 5.42. The van der Waals surface area contributed by atoms with E-state index in [1.807, 2.05) is 6.92 Å². The maximum absolute atomic E-state index is 12.5. The summed E-state index contributed by atoms with van der Waals surface area (Å²) in [5.74, 6) is -0.617. The molecular weight excluding hydrogens is 522 g/mol. The summed E-state index contributed by atoms with van der Waals surface area (Å²) in [7, 11) is 0. The molecule has 0 bridgehead atoms. The van der Waals surface area contributed by atoms with Crippen LogP contribution in [0.3, 0.4) is 0 Å². The number of rotatable bonds is 4. The van der Waals surface area contributed by atoms with Crippen molar-refractivity contribution < 1.29 is 9.90 Å². The third kappa shape index (κ3) is 4.72. The van der Waals surface area contributed by atoms with E-state index in [-0.39, 0.29) is 16.9 Å². The van der Waals surface area contributed by atoms with Gasteiger partial charge < -0.3 is 10.0 Å². The average Bonchev–Trinajstić information content (AvgIpc) is 2.64. The number of carbonyl (C=O) groups is 1. The second-order valence-electron chi connectivity index (χ2n) is 8.65. The van der Waals surface area contributed by atoms with Crippen molar-refractivity contribution in [2.45, 2.75) is 53.1 Å². The number of halogens is 2. The first-order chi connectivity index (χ1) is 14.4. The maximum atomic E-state index is 12.5. The molecule has 0 saturated carbocycles. The number of nitrogens with zero attached hydrogens (tertiary/aromatic N) is 2. The Morgan fingerprint density at radius 1 is 1.19 bits per heavy atom. The van der Waals surface area contributed by atoms with Gasteiger partial charge in [0.25, 0.3) is 5.91 Å². The van der Waals surface area contributed by atoms with Crippen LogP contribution in [-0.2, 0) is 0 Å². The molecular formula is C24H27Br2N3O2. The van der Waals surface area contributed by atoms with Crippen molar-refractivity contribution >= 4 is 55.2 Å². The van der Waals surface area contributed by atoms with E-state index in [9.17, 15) is 9.90 Å². The summed E-state index contributed by atoms with van der Waals surface area (Å²) >= 11 is 6.56. The zero-order valence-electron chi connectivity index (χ0n) is 18.5. The number of benzene rings is 2. The summed E-state index contributed by atoms with van der Waals surface area (Å²) in [5.41, 5.74) is 8.17. The maximum Gasteiger partial charge on any atom is 0.275 e. The molecule has 1 aliphatic rings. The van der Waals surface area contributed by atoms with Gasteiger partial charge in [0.15, 0.2) is 0 Å². The van der Waals surface area contributed by atoms with E-state index in [1.54, 1.807) is 18.3 Å². The van der Waals surface area contributed by atoms with Crippen LogP contribution in [-0.4, -0.2) is 28.8 Å². The molecule has 1 heterocycles. The summed E-state index contributed by atoms with van der Waals surface area (Å²) < 4.78 is 1.11. The van der Waals surface area contributed by atoms with Crippen LogP contribution < -0.4 is 10.3 Å². The normalized spacial score (nSPS) is 15.3. The lowest BCUT2D eigenvalue weighted by Gasteiger charge is -2.46. The highest BCUT2D eigenvalue weighted by Gasteiger charge is 2.33. The minimum atomic E-state index is -0.491. The number of nitrogens with one attached hydrogen (secondary N) is 1. The fourth-order valence-electron chi connectivity index (χ4n) is 4.25. The summed E-state index contributed by atoms with van der Waals surface area (Å²) in [6.45, 7) is 13.0. The Morgan fingerprint density at radius 3 is 2.52 bits per heavy atom. The molecule has 1 aliphatic heterocycles. The standard InChI is InChI=1S/C24H27Br2N3O2/c1-13(2)29-21-7-14(3)16(8-18(21)15(4)11-24(29,5)6)12-27-28-23(31)19-9-17(25)10-20(26)22(19)30/h7-13,30H,1-6H3,(H,28,31)/b27-12+. The minimum absolute atomic E-state index is 0.0680. The number of hydrogen-bond acceptors (Lipinski definition) is 4. The smallest absolute Gasteiger partial charge is 0.275 e. The van der Waals surface area contributed by atoms with Crippen molar-refractivity contribution in [3.8, 4) is 5.75 Å². The van der Waals surface area contributed by atoms with Crippen molar-refractivity contribution in [2.24, 2.45) is 5.10 Å². The molecule has 31 heavy (non-hydrogen) atoms. The molecule has 2 aromatic rings. The van der Waals surface area contributed by atoms with E-state index >= 15 is 0 Å². The zero-order valence-corrected chi connectivity index (χ0v) is 21.7. The van der Waals surface area contributed by atoms with Crippen molar-refractivity contribution in [1.29, 1.82) is 0 Å². The summed E-state index contributed by atoms with van der Waals surface area (Å²) in [4.78, 5) is 14.9. The fraction of sp³-hybridized carbons (Fsp3) is 0.333. The molecule has 2 N–H and O–H groups in total. The first-order valence-electron chi connectivity index (χ1n) is 10.1. The monoisotopic (exact) mass is 547 g/mol. The predicted octanol–water partition coefficient (Wildman–Crippen LogP) is 6.40. The second kappa shape index (κ2) is 8.79. The van der Waals surface area contributed by atoms with Gasteiger partial charge in [-0.2, -0.15) is 5.10 Å². The first-order valence-corrected chi connectivity index (χ1v) is 11.7. The van der Waals surface area contributed by atoms with Crippen LogP contribution in [0.15, 0.2) is 44.4 Å². The number of allylic oxidation sites excluding steroid dienone is 1. The van der Waals surface area contributed by atoms with Crippen molar-refractivity contribution in [3.05, 3.63) is 61.5 Å². The highest BCUT2D eigenvalue weighted by Crippen LogP contribution is 2.41. The Hall–Kier alpha value is -2.12. The molecule has 1 amide bonds. The van der Waals surface area contributed by atoms with Gasteiger partial charge in [0.05, 0.1) is 21.8 Å². The molecule has 0 atom stereocenters. The fourth-order valence-corrected chi connectivity index (χ4v) is 5.48. The number of hydrazone groups is 1. The average molecular weight is 549 g/mol. The van der Waals surface area contributed by atoms with Gasteiger partial charge >= 0.3 is 0 Å². The molecule has 0 radical (unpaired) electrons. The van der Waals surface area contributed by atoms with Crippen molar-refractivity contribution in [3.63, 3.8) is 0 Å². The number of aromatic hydroxyl groups is 1. The molecule has 3 rings (SSSR count). The molecule has 0 aliphatic carbocycles. The largest absolute Gasteiger partial charge is 0.506 e. The molecule has 5 nitrogen and oxygen atoms in total. The Balaban J connectivity index is 1.90. The van der Waals surface area contributed by atoms with Crippen LogP contribution in [0.1, 0.15) is 61.7 Å². The van der Waals surface area contributed by atoms with Gasteiger partial charge in [0.2, 0.25) is 0 Å². The Labute approximate surface area is 200 Å². The number of anilines is 1. The van der Waals surface area contributed by atoms with Crippen molar-refractivity contribution in [1.82, 2.24) is 5.43 Å². The van der Waals surface area contributed by atoms with E-state index in [0.29, 0.717) is 15.0 Å². The number of fused-ring (bicyclic) bond motifs is 1.